The number of anilines is 3. The van der Waals surface area contributed by atoms with E-state index in [2.05, 4.69) is 163 Å². The summed E-state index contributed by atoms with van der Waals surface area (Å²) in [7, 11) is 0. The molecule has 0 unspecified atom stereocenters. The quantitative estimate of drug-likeness (QED) is 0.162. The lowest BCUT2D eigenvalue weighted by Gasteiger charge is -2.28. The summed E-state index contributed by atoms with van der Waals surface area (Å²) in [6.07, 6.45) is 0. The Balaban J connectivity index is 1.03. The molecule has 0 saturated carbocycles. The van der Waals surface area contributed by atoms with Gasteiger partial charge in [0.15, 0.2) is 5.58 Å². The molecule has 9 aromatic carbocycles. The summed E-state index contributed by atoms with van der Waals surface area (Å²) in [5, 5.41) is 6.95. The number of furan rings is 1. The van der Waals surface area contributed by atoms with Gasteiger partial charge in [0.2, 0.25) is 5.89 Å². The first kappa shape index (κ1) is 31.1. The summed E-state index contributed by atoms with van der Waals surface area (Å²) in [5.74, 6) is 0.603. The van der Waals surface area contributed by atoms with Crippen LogP contribution in [0.2, 0.25) is 0 Å². The molecule has 11 rings (SSSR count). The van der Waals surface area contributed by atoms with E-state index in [1.807, 2.05) is 36.4 Å². The highest BCUT2D eigenvalue weighted by molar-refractivity contribution is 6.15. The highest BCUT2D eigenvalue weighted by Crippen LogP contribution is 2.44. The molecule has 0 fully saturated rings. The van der Waals surface area contributed by atoms with E-state index in [9.17, 15) is 0 Å². The fourth-order valence-electron chi connectivity index (χ4n) is 7.99. The van der Waals surface area contributed by atoms with Crippen LogP contribution in [0.15, 0.2) is 203 Å². The Morgan fingerprint density at radius 3 is 1.80 bits per heavy atom. The van der Waals surface area contributed by atoms with Crippen LogP contribution in [0.5, 0.6) is 0 Å². The molecule has 0 N–H and O–H groups in total. The summed E-state index contributed by atoms with van der Waals surface area (Å²) in [5.41, 5.74) is 12.0. The van der Waals surface area contributed by atoms with Crippen molar-refractivity contribution < 1.29 is 8.83 Å². The maximum absolute atomic E-state index is 6.33. The molecule has 0 aliphatic carbocycles. The zero-order chi connectivity index (χ0) is 36.3. The topological polar surface area (TPSA) is 42.4 Å². The normalized spacial score (nSPS) is 11.6. The summed E-state index contributed by atoms with van der Waals surface area (Å²) in [6, 6.07) is 68.5. The first-order valence-electron chi connectivity index (χ1n) is 18.5. The summed E-state index contributed by atoms with van der Waals surface area (Å²) in [4.78, 5) is 7.21. The minimum Gasteiger partial charge on any atom is -0.456 e. The average molecular weight is 705 g/mol. The molecule has 0 aliphatic heterocycles. The molecule has 0 saturated heterocycles. The Hall–Kier alpha value is -7.43. The van der Waals surface area contributed by atoms with Gasteiger partial charge in [-0.15, -0.1) is 0 Å². The number of oxazole rings is 1. The molecule has 4 heteroatoms. The zero-order valence-electron chi connectivity index (χ0n) is 29.7. The predicted molar refractivity (Wildman–Crippen MR) is 227 cm³/mol. The van der Waals surface area contributed by atoms with Crippen LogP contribution in [0.1, 0.15) is 0 Å². The van der Waals surface area contributed by atoms with E-state index < -0.39 is 0 Å². The Kier molecular flexibility index (Phi) is 7.14. The van der Waals surface area contributed by atoms with Crippen molar-refractivity contribution in [2.24, 2.45) is 0 Å². The SMILES string of the molecule is c1ccc(-c2cccc(N(c3ccc(-c4ccc5oc6cc7oc(-c8ccccc8)nc7cc6c5c4)cc3)c3cc4ccccc4c4ccccc34)c2)cc1. The lowest BCUT2D eigenvalue weighted by atomic mass is 9.98. The van der Waals surface area contributed by atoms with Crippen molar-refractivity contribution in [2.45, 2.75) is 0 Å². The smallest absolute Gasteiger partial charge is 0.227 e. The maximum Gasteiger partial charge on any atom is 0.227 e. The van der Waals surface area contributed by atoms with Gasteiger partial charge in [0.25, 0.3) is 0 Å². The van der Waals surface area contributed by atoms with Crippen LogP contribution in [0, 0.1) is 0 Å². The van der Waals surface area contributed by atoms with Gasteiger partial charge >= 0.3 is 0 Å². The molecule has 0 atom stereocenters. The minimum atomic E-state index is 0.603. The lowest BCUT2D eigenvalue weighted by molar-refractivity contribution is 0.617. The summed E-state index contributed by atoms with van der Waals surface area (Å²) in [6.45, 7) is 0. The molecule has 0 radical (unpaired) electrons. The molecule has 0 amide bonds. The number of hydrogen-bond donors (Lipinski definition) is 0. The van der Waals surface area contributed by atoms with Crippen molar-refractivity contribution >= 4 is 71.6 Å². The third-order valence-electron chi connectivity index (χ3n) is 10.7. The molecule has 2 heterocycles. The van der Waals surface area contributed by atoms with Crippen molar-refractivity contribution in [2.75, 3.05) is 4.90 Å². The van der Waals surface area contributed by atoms with Gasteiger partial charge in [-0.3, -0.25) is 0 Å². The Morgan fingerprint density at radius 1 is 0.345 bits per heavy atom. The standard InChI is InChI=1S/C51H32N2O2/c1-3-12-33(13-4-1)36-17-11-18-40(28-36)53(47-30-38-16-7-8-19-41(38)42-20-9-10-21-43(42)47)39-25-22-34(23-26-39)37-24-27-48-44(29-37)45-31-46-50(32-49(45)54-48)55-51(52-46)35-14-5-2-6-15-35/h1-32H. The number of benzene rings is 9. The van der Waals surface area contributed by atoms with Crippen LogP contribution in [-0.4, -0.2) is 4.98 Å². The predicted octanol–water partition coefficient (Wildman–Crippen LogP) is 14.5. The second-order valence-electron chi connectivity index (χ2n) is 14.0. The second-order valence-corrected chi connectivity index (χ2v) is 14.0. The largest absolute Gasteiger partial charge is 0.456 e. The summed E-state index contributed by atoms with van der Waals surface area (Å²) < 4.78 is 12.5. The Labute approximate surface area is 317 Å². The highest BCUT2D eigenvalue weighted by atomic mass is 16.4. The second kappa shape index (κ2) is 12.6. The minimum absolute atomic E-state index is 0.603. The van der Waals surface area contributed by atoms with Gasteiger partial charge in [-0.1, -0.05) is 127 Å². The van der Waals surface area contributed by atoms with Gasteiger partial charge < -0.3 is 13.7 Å². The van der Waals surface area contributed by atoms with Gasteiger partial charge in [-0.05, 0) is 99.1 Å². The van der Waals surface area contributed by atoms with Gasteiger partial charge in [0, 0.05) is 39.2 Å². The Morgan fingerprint density at radius 2 is 0.982 bits per heavy atom. The van der Waals surface area contributed by atoms with Crippen molar-refractivity contribution in [3.8, 4) is 33.7 Å². The van der Waals surface area contributed by atoms with Gasteiger partial charge in [0.05, 0.1) is 5.69 Å². The Bertz CT molecular complexity index is 3200. The molecule has 258 valence electrons. The van der Waals surface area contributed by atoms with Crippen LogP contribution in [0.3, 0.4) is 0 Å². The maximum atomic E-state index is 6.33. The van der Waals surface area contributed by atoms with Crippen LogP contribution in [0.4, 0.5) is 17.1 Å². The molecule has 0 bridgehead atoms. The van der Waals surface area contributed by atoms with E-state index in [0.29, 0.717) is 11.5 Å². The van der Waals surface area contributed by atoms with E-state index in [4.69, 9.17) is 13.8 Å². The van der Waals surface area contributed by atoms with Crippen LogP contribution in [0.25, 0.3) is 88.3 Å². The van der Waals surface area contributed by atoms with Gasteiger partial charge in [0.1, 0.15) is 16.7 Å². The van der Waals surface area contributed by atoms with Crippen molar-refractivity contribution in [3.05, 3.63) is 194 Å². The van der Waals surface area contributed by atoms with E-state index in [1.54, 1.807) is 0 Å². The molecule has 0 aliphatic rings. The first-order chi connectivity index (χ1) is 27.2. The van der Waals surface area contributed by atoms with E-state index in [-0.39, 0.29) is 0 Å². The molecular weight excluding hydrogens is 673 g/mol. The number of nitrogens with zero attached hydrogens (tertiary/aromatic N) is 2. The van der Waals surface area contributed by atoms with Crippen LogP contribution >= 0.6 is 0 Å². The third kappa shape index (κ3) is 5.34. The van der Waals surface area contributed by atoms with E-state index >= 15 is 0 Å². The molecule has 4 nitrogen and oxygen atoms in total. The molecule has 55 heavy (non-hydrogen) atoms. The molecule has 0 spiro atoms. The fraction of sp³-hybridized carbons (Fsp3) is 0. The van der Waals surface area contributed by atoms with Crippen LogP contribution in [-0.2, 0) is 0 Å². The van der Waals surface area contributed by atoms with Gasteiger partial charge in [-0.25, -0.2) is 4.98 Å². The fourth-order valence-corrected chi connectivity index (χ4v) is 7.99. The highest BCUT2D eigenvalue weighted by Gasteiger charge is 2.19. The van der Waals surface area contributed by atoms with Crippen molar-refractivity contribution in [3.63, 3.8) is 0 Å². The molecular formula is C51H32N2O2. The number of rotatable bonds is 6. The lowest BCUT2D eigenvalue weighted by Crippen LogP contribution is -2.10. The van der Waals surface area contributed by atoms with E-state index in [0.717, 1.165) is 61.2 Å². The molecule has 11 aromatic rings. The molecule has 2 aromatic heterocycles. The van der Waals surface area contributed by atoms with Crippen LogP contribution < -0.4 is 4.90 Å². The van der Waals surface area contributed by atoms with E-state index in [1.165, 1.54) is 32.7 Å². The number of hydrogen-bond acceptors (Lipinski definition) is 4. The van der Waals surface area contributed by atoms with Crippen molar-refractivity contribution in [1.82, 2.24) is 4.98 Å². The zero-order valence-corrected chi connectivity index (χ0v) is 29.7. The summed E-state index contributed by atoms with van der Waals surface area (Å²) >= 11 is 0. The number of aromatic nitrogens is 1. The van der Waals surface area contributed by atoms with Crippen molar-refractivity contribution in [1.29, 1.82) is 0 Å². The van der Waals surface area contributed by atoms with Gasteiger partial charge in [-0.2, -0.15) is 0 Å². The number of fused-ring (bicyclic) bond motifs is 7. The third-order valence-corrected chi connectivity index (χ3v) is 10.7. The first-order valence-corrected chi connectivity index (χ1v) is 18.5. The monoisotopic (exact) mass is 704 g/mol. The average Bonchev–Trinajstić information content (AvgIpc) is 3.84.